The Morgan fingerprint density at radius 1 is 0.851 bits per heavy atom. The van der Waals surface area contributed by atoms with Crippen molar-refractivity contribution in [1.29, 1.82) is 0 Å². The van der Waals surface area contributed by atoms with Crippen LogP contribution in [0.4, 0.5) is 5.69 Å². The van der Waals surface area contributed by atoms with Crippen LogP contribution in [-0.2, 0) is 39.0 Å². The summed E-state index contributed by atoms with van der Waals surface area (Å²) in [6, 6.07) is 28.7. The molecular weight excluding hydrogens is 653 g/mol. The second-order valence-corrected chi connectivity index (χ2v) is 14.5. The summed E-state index contributed by atoms with van der Waals surface area (Å²) in [6.45, 7) is 1.45. The maximum absolute atomic E-state index is 14.7. The number of halogens is 2. The molecule has 246 valence electrons. The van der Waals surface area contributed by atoms with E-state index in [0.717, 1.165) is 47.5 Å². The van der Waals surface area contributed by atoms with Gasteiger partial charge in [-0.3, -0.25) is 13.9 Å². The average molecular weight is 693 g/mol. The zero-order valence-corrected chi connectivity index (χ0v) is 28.6. The van der Waals surface area contributed by atoms with Crippen molar-refractivity contribution in [2.75, 3.05) is 10.8 Å². The zero-order chi connectivity index (χ0) is 33.4. The first kappa shape index (κ1) is 34.5. The molecule has 7 nitrogen and oxygen atoms in total. The van der Waals surface area contributed by atoms with Crippen molar-refractivity contribution < 1.29 is 18.0 Å². The quantitative estimate of drug-likeness (QED) is 0.158. The third-order valence-corrected chi connectivity index (χ3v) is 10.9. The number of anilines is 1. The monoisotopic (exact) mass is 691 g/mol. The lowest BCUT2D eigenvalue weighted by Crippen LogP contribution is -2.54. The first-order valence-electron chi connectivity index (χ1n) is 15.9. The maximum Gasteiger partial charge on any atom is 0.264 e. The second kappa shape index (κ2) is 15.8. The molecule has 1 aliphatic carbocycles. The molecule has 2 amide bonds. The van der Waals surface area contributed by atoms with E-state index in [2.05, 4.69) is 5.32 Å². The molecule has 0 heterocycles. The molecule has 0 aliphatic heterocycles. The number of hydrogen-bond donors (Lipinski definition) is 1. The highest BCUT2D eigenvalue weighted by atomic mass is 35.5. The summed E-state index contributed by atoms with van der Waals surface area (Å²) in [7, 11) is -4.17. The smallest absolute Gasteiger partial charge is 0.264 e. The van der Waals surface area contributed by atoms with Crippen LogP contribution < -0.4 is 9.62 Å². The summed E-state index contributed by atoms with van der Waals surface area (Å²) in [6.07, 6.45) is 4.81. The number of amides is 2. The largest absolute Gasteiger partial charge is 0.352 e. The van der Waals surface area contributed by atoms with Gasteiger partial charge in [0.1, 0.15) is 12.6 Å². The lowest BCUT2D eigenvalue weighted by molar-refractivity contribution is -0.140. The third kappa shape index (κ3) is 8.74. The third-order valence-electron chi connectivity index (χ3n) is 8.57. The van der Waals surface area contributed by atoms with E-state index in [9.17, 15) is 18.0 Å². The van der Waals surface area contributed by atoms with Crippen LogP contribution in [0, 0.1) is 0 Å². The average Bonchev–Trinajstić information content (AvgIpc) is 3.60. The Hall–Kier alpha value is -3.85. The van der Waals surface area contributed by atoms with Crippen molar-refractivity contribution in [1.82, 2.24) is 10.2 Å². The summed E-state index contributed by atoms with van der Waals surface area (Å²) in [5.41, 5.74) is 2.82. The molecule has 0 spiro atoms. The Bertz CT molecular complexity index is 1760. The van der Waals surface area contributed by atoms with Gasteiger partial charge in [0.2, 0.25) is 11.8 Å². The maximum atomic E-state index is 14.7. The highest BCUT2D eigenvalue weighted by Crippen LogP contribution is 2.28. The normalized spacial score (nSPS) is 14.0. The minimum Gasteiger partial charge on any atom is -0.352 e. The molecule has 47 heavy (non-hydrogen) atoms. The van der Waals surface area contributed by atoms with E-state index in [1.165, 1.54) is 17.0 Å². The number of nitrogens with one attached hydrogen (secondary N) is 1. The fourth-order valence-electron chi connectivity index (χ4n) is 5.90. The molecule has 0 aromatic heterocycles. The number of carbonyl (C=O) groups is 2. The van der Waals surface area contributed by atoms with Crippen LogP contribution in [0.15, 0.2) is 108 Å². The van der Waals surface area contributed by atoms with Gasteiger partial charge in [0.05, 0.1) is 10.6 Å². The van der Waals surface area contributed by atoms with Crippen LogP contribution in [0.5, 0.6) is 0 Å². The topological polar surface area (TPSA) is 86.8 Å². The van der Waals surface area contributed by atoms with Gasteiger partial charge < -0.3 is 10.2 Å². The molecule has 1 fully saturated rings. The van der Waals surface area contributed by atoms with E-state index in [1.54, 1.807) is 48.5 Å². The summed E-state index contributed by atoms with van der Waals surface area (Å²) in [5, 5.41) is 3.96. The fourth-order valence-corrected chi connectivity index (χ4v) is 7.80. The van der Waals surface area contributed by atoms with Gasteiger partial charge in [-0.15, -0.1) is 0 Å². The van der Waals surface area contributed by atoms with Gasteiger partial charge in [-0.25, -0.2) is 8.42 Å². The minimum atomic E-state index is -4.17. The lowest BCUT2D eigenvalue weighted by atomic mass is 10.0. The Morgan fingerprint density at radius 2 is 1.49 bits per heavy atom. The lowest BCUT2D eigenvalue weighted by Gasteiger charge is -2.34. The van der Waals surface area contributed by atoms with Crippen LogP contribution in [0.25, 0.3) is 0 Å². The van der Waals surface area contributed by atoms with Crippen molar-refractivity contribution in [2.45, 2.75) is 69.0 Å². The summed E-state index contributed by atoms with van der Waals surface area (Å²) in [5.74, 6) is -0.832. The van der Waals surface area contributed by atoms with Crippen molar-refractivity contribution in [3.05, 3.63) is 130 Å². The Kier molecular flexibility index (Phi) is 11.6. The standard InChI is InChI=1S/C37H39Cl2N3O4S/c1-2-27-17-21-32(22-18-27)42(47(45,46)33-15-7-4-8-16-33)26-36(43)41(25-29-19-20-30(38)24-34(29)39)35(23-28-11-5-3-6-12-28)37(44)40-31-13-9-10-14-31/h3-8,11-12,15-22,24,31,35H,2,9-10,13-14,23,25-26H2,1H3,(H,40,44)/t35-/m0/s1. The predicted octanol–water partition coefficient (Wildman–Crippen LogP) is 7.45. The molecule has 1 aliphatic rings. The Morgan fingerprint density at radius 3 is 2.11 bits per heavy atom. The molecule has 1 saturated carbocycles. The van der Waals surface area contributed by atoms with Gasteiger partial charge >= 0.3 is 0 Å². The van der Waals surface area contributed by atoms with Gasteiger partial charge in [0.15, 0.2) is 0 Å². The molecule has 10 heteroatoms. The van der Waals surface area contributed by atoms with Crippen LogP contribution >= 0.6 is 23.2 Å². The molecule has 0 bridgehead atoms. The van der Waals surface area contributed by atoms with Crippen molar-refractivity contribution in [3.8, 4) is 0 Å². The van der Waals surface area contributed by atoms with Crippen molar-refractivity contribution in [3.63, 3.8) is 0 Å². The number of aryl methyl sites for hydroxylation is 1. The second-order valence-electron chi connectivity index (χ2n) is 11.8. The van der Waals surface area contributed by atoms with E-state index < -0.39 is 28.5 Å². The molecule has 1 atom stereocenters. The zero-order valence-electron chi connectivity index (χ0n) is 26.3. The number of hydrogen-bond acceptors (Lipinski definition) is 4. The Balaban J connectivity index is 1.58. The molecule has 0 saturated heterocycles. The SMILES string of the molecule is CCc1ccc(N(CC(=O)N(Cc2ccc(Cl)cc2Cl)[C@@H](Cc2ccccc2)C(=O)NC2CCCC2)S(=O)(=O)c2ccccc2)cc1. The van der Waals surface area contributed by atoms with Gasteiger partial charge in [-0.1, -0.05) is 110 Å². The van der Waals surface area contributed by atoms with Gasteiger partial charge in [0.25, 0.3) is 10.0 Å². The van der Waals surface area contributed by atoms with E-state index in [0.29, 0.717) is 21.3 Å². The van der Waals surface area contributed by atoms with Crippen LogP contribution in [-0.4, -0.2) is 43.8 Å². The fraction of sp³-hybridized carbons (Fsp3) is 0.297. The van der Waals surface area contributed by atoms with Crippen LogP contribution in [0.2, 0.25) is 10.0 Å². The minimum absolute atomic E-state index is 0.0175. The molecule has 4 aromatic rings. The summed E-state index contributed by atoms with van der Waals surface area (Å²) < 4.78 is 29.4. The summed E-state index contributed by atoms with van der Waals surface area (Å²) >= 11 is 12.8. The number of rotatable bonds is 13. The number of nitrogens with zero attached hydrogens (tertiary/aromatic N) is 2. The molecule has 0 radical (unpaired) electrons. The van der Waals surface area contributed by atoms with Crippen LogP contribution in [0.3, 0.4) is 0 Å². The predicted molar refractivity (Wildman–Crippen MR) is 188 cm³/mol. The van der Waals surface area contributed by atoms with Gasteiger partial charge in [-0.2, -0.15) is 0 Å². The first-order valence-corrected chi connectivity index (χ1v) is 18.1. The van der Waals surface area contributed by atoms with Crippen molar-refractivity contribution >= 4 is 50.7 Å². The van der Waals surface area contributed by atoms with Crippen molar-refractivity contribution in [2.24, 2.45) is 0 Å². The highest BCUT2D eigenvalue weighted by molar-refractivity contribution is 7.92. The Labute approximate surface area is 287 Å². The number of sulfonamides is 1. The summed E-state index contributed by atoms with van der Waals surface area (Å²) in [4.78, 5) is 30.3. The molecule has 1 N–H and O–H groups in total. The number of carbonyl (C=O) groups excluding carboxylic acids is 2. The molecule has 4 aromatic carbocycles. The molecule has 0 unspecified atom stereocenters. The van der Waals surface area contributed by atoms with Gasteiger partial charge in [0, 0.05) is 29.1 Å². The van der Waals surface area contributed by atoms with Gasteiger partial charge in [-0.05, 0) is 72.4 Å². The number of benzene rings is 4. The van der Waals surface area contributed by atoms with E-state index in [-0.39, 0.29) is 29.8 Å². The highest BCUT2D eigenvalue weighted by Gasteiger charge is 2.35. The molecule has 5 rings (SSSR count). The first-order chi connectivity index (χ1) is 22.7. The van der Waals surface area contributed by atoms with E-state index >= 15 is 0 Å². The van der Waals surface area contributed by atoms with E-state index in [4.69, 9.17) is 23.2 Å². The van der Waals surface area contributed by atoms with E-state index in [1.807, 2.05) is 49.4 Å². The van der Waals surface area contributed by atoms with Crippen LogP contribution in [0.1, 0.15) is 49.3 Å². The molecular formula is C37H39Cl2N3O4S.